The predicted molar refractivity (Wildman–Crippen MR) is 92.1 cm³/mol. The van der Waals surface area contributed by atoms with Gasteiger partial charge in [0.25, 0.3) is 0 Å². The Hall–Kier alpha value is -0.610. The molecule has 0 radical (unpaired) electrons. The fourth-order valence-corrected chi connectivity index (χ4v) is 4.64. The second-order valence-electron chi connectivity index (χ2n) is 5.44. The summed E-state index contributed by atoms with van der Waals surface area (Å²) >= 11 is 7.47. The molecular weight excluding hydrogens is 380 g/mol. The fraction of sp³-hybridized carbons (Fsp3) is 0.438. The van der Waals surface area contributed by atoms with Crippen LogP contribution in [0.5, 0.6) is 0 Å². The van der Waals surface area contributed by atoms with Crippen molar-refractivity contribution in [2.75, 3.05) is 10.7 Å². The van der Waals surface area contributed by atoms with Crippen LogP contribution in [0.2, 0.25) is 0 Å². The summed E-state index contributed by atoms with van der Waals surface area (Å²) in [6.45, 7) is 4.23. The van der Waals surface area contributed by atoms with Crippen LogP contribution >= 0.6 is 31.9 Å². The van der Waals surface area contributed by atoms with E-state index in [2.05, 4.69) is 74.2 Å². The molecule has 0 aliphatic rings. The summed E-state index contributed by atoms with van der Waals surface area (Å²) in [5.74, 6) is 0. The third kappa shape index (κ3) is 3.01. The van der Waals surface area contributed by atoms with Gasteiger partial charge in [-0.1, -0.05) is 56.1 Å². The van der Waals surface area contributed by atoms with Gasteiger partial charge in [0, 0.05) is 35.2 Å². The van der Waals surface area contributed by atoms with Gasteiger partial charge in [0.1, 0.15) is 0 Å². The van der Waals surface area contributed by atoms with Crippen LogP contribution in [-0.4, -0.2) is 20.4 Å². The van der Waals surface area contributed by atoms with E-state index in [1.807, 2.05) is 18.7 Å². The van der Waals surface area contributed by atoms with Gasteiger partial charge < -0.3 is 0 Å². The molecule has 2 aromatic rings. The molecule has 1 heterocycles. The highest BCUT2D eigenvalue weighted by Gasteiger charge is 2.32. The van der Waals surface area contributed by atoms with E-state index in [-0.39, 0.29) is 5.41 Å². The van der Waals surface area contributed by atoms with Crippen molar-refractivity contribution in [2.24, 2.45) is 7.05 Å². The van der Waals surface area contributed by atoms with Gasteiger partial charge in [-0.2, -0.15) is 5.10 Å². The van der Waals surface area contributed by atoms with Crippen molar-refractivity contribution < 1.29 is 0 Å². The number of benzene rings is 1. The highest BCUT2D eigenvalue weighted by molar-refractivity contribution is 9.09. The van der Waals surface area contributed by atoms with Gasteiger partial charge >= 0.3 is 0 Å². The summed E-state index contributed by atoms with van der Waals surface area (Å²) < 4.78 is 1.99. The normalized spacial score (nSPS) is 11.8. The summed E-state index contributed by atoms with van der Waals surface area (Å²) in [5, 5.41) is 6.30. The smallest absolute Gasteiger partial charge is 0.0596 e. The lowest BCUT2D eigenvalue weighted by molar-refractivity contribution is 0.520. The van der Waals surface area contributed by atoms with Gasteiger partial charge in [-0.15, -0.1) is 0 Å². The molecule has 0 aliphatic carbocycles. The van der Waals surface area contributed by atoms with E-state index in [4.69, 9.17) is 0 Å². The Morgan fingerprint density at radius 2 is 1.80 bits per heavy atom. The van der Waals surface area contributed by atoms with Crippen molar-refractivity contribution in [3.05, 3.63) is 52.8 Å². The molecule has 0 bridgehead atoms. The minimum atomic E-state index is 0.0472. The molecule has 1 aromatic heterocycles. The molecule has 0 unspecified atom stereocenters. The fourth-order valence-electron chi connectivity index (χ4n) is 2.71. The average molecular weight is 400 g/mol. The quantitative estimate of drug-likeness (QED) is 0.685. The van der Waals surface area contributed by atoms with Gasteiger partial charge in [-0.3, -0.25) is 4.68 Å². The maximum absolute atomic E-state index is 4.47. The van der Waals surface area contributed by atoms with Crippen molar-refractivity contribution in [2.45, 2.75) is 25.7 Å². The zero-order valence-electron chi connectivity index (χ0n) is 12.2. The monoisotopic (exact) mass is 398 g/mol. The van der Waals surface area contributed by atoms with Crippen LogP contribution < -0.4 is 0 Å². The van der Waals surface area contributed by atoms with Gasteiger partial charge in [-0.05, 0) is 31.0 Å². The van der Waals surface area contributed by atoms with E-state index < -0.39 is 0 Å². The molecule has 0 N–H and O–H groups in total. The van der Waals surface area contributed by atoms with Gasteiger partial charge in [0.15, 0.2) is 0 Å². The Morgan fingerprint density at radius 1 is 1.15 bits per heavy atom. The molecule has 0 spiro atoms. The molecule has 0 amide bonds. The van der Waals surface area contributed by atoms with E-state index in [9.17, 15) is 0 Å². The van der Waals surface area contributed by atoms with E-state index in [1.54, 1.807) is 0 Å². The zero-order valence-corrected chi connectivity index (χ0v) is 15.3. The SMILES string of the molecule is Cc1cc(CC(CBr)(CBr)c2ccccc2C)n(C)n1. The van der Waals surface area contributed by atoms with Crippen LogP contribution in [0.1, 0.15) is 22.5 Å². The van der Waals surface area contributed by atoms with Crippen molar-refractivity contribution >= 4 is 31.9 Å². The van der Waals surface area contributed by atoms with Crippen LogP contribution in [0.3, 0.4) is 0 Å². The third-order valence-electron chi connectivity index (χ3n) is 3.85. The Labute approximate surface area is 137 Å². The molecule has 1 aromatic carbocycles. The molecule has 0 fully saturated rings. The number of rotatable bonds is 5. The van der Waals surface area contributed by atoms with Crippen LogP contribution in [0.25, 0.3) is 0 Å². The second-order valence-corrected chi connectivity index (χ2v) is 6.56. The first-order valence-electron chi connectivity index (χ1n) is 6.70. The van der Waals surface area contributed by atoms with E-state index in [0.717, 1.165) is 22.8 Å². The molecule has 108 valence electrons. The lowest BCUT2D eigenvalue weighted by Crippen LogP contribution is -2.34. The first kappa shape index (κ1) is 15.8. The summed E-state index contributed by atoms with van der Waals surface area (Å²) in [7, 11) is 2.02. The molecule has 0 saturated carbocycles. The predicted octanol–water partition coefficient (Wildman–Crippen LogP) is 4.31. The van der Waals surface area contributed by atoms with Gasteiger partial charge in [-0.25, -0.2) is 0 Å². The maximum Gasteiger partial charge on any atom is 0.0596 e. The molecule has 2 rings (SSSR count). The number of aryl methyl sites for hydroxylation is 3. The highest BCUT2D eigenvalue weighted by atomic mass is 79.9. The van der Waals surface area contributed by atoms with Gasteiger partial charge in [0.05, 0.1) is 5.69 Å². The largest absolute Gasteiger partial charge is 0.272 e. The summed E-state index contributed by atoms with van der Waals surface area (Å²) in [6.07, 6.45) is 0.964. The number of nitrogens with zero attached hydrogens (tertiary/aromatic N) is 2. The van der Waals surface area contributed by atoms with Crippen molar-refractivity contribution in [3.63, 3.8) is 0 Å². The maximum atomic E-state index is 4.47. The summed E-state index contributed by atoms with van der Waals surface area (Å²) in [4.78, 5) is 0. The van der Waals surface area contributed by atoms with Crippen molar-refractivity contribution in [1.82, 2.24) is 9.78 Å². The zero-order chi connectivity index (χ0) is 14.8. The van der Waals surface area contributed by atoms with Gasteiger partial charge in [0.2, 0.25) is 0 Å². The highest BCUT2D eigenvalue weighted by Crippen LogP contribution is 2.34. The Kier molecular flexibility index (Phi) is 5.08. The van der Waals surface area contributed by atoms with Crippen molar-refractivity contribution in [1.29, 1.82) is 0 Å². The van der Waals surface area contributed by atoms with E-state index in [0.29, 0.717) is 0 Å². The Morgan fingerprint density at radius 3 is 2.30 bits per heavy atom. The van der Waals surface area contributed by atoms with Crippen molar-refractivity contribution in [3.8, 4) is 0 Å². The number of halogens is 2. The average Bonchev–Trinajstić information content (AvgIpc) is 2.75. The lowest BCUT2D eigenvalue weighted by Gasteiger charge is -2.32. The number of alkyl halides is 2. The molecule has 0 aliphatic heterocycles. The van der Waals surface area contributed by atoms with E-state index >= 15 is 0 Å². The molecule has 0 saturated heterocycles. The molecule has 2 nitrogen and oxygen atoms in total. The Bertz CT molecular complexity index is 586. The Balaban J connectivity index is 2.45. The minimum absolute atomic E-state index is 0.0472. The standard InChI is InChI=1S/C16H20Br2N2/c1-12-6-4-5-7-15(12)16(10-17,11-18)9-14-8-13(2)19-20(14)3/h4-8H,9-11H2,1-3H3. The second kappa shape index (κ2) is 6.44. The van der Waals surface area contributed by atoms with Crippen LogP contribution in [0, 0.1) is 13.8 Å². The molecule has 0 atom stereocenters. The number of hydrogen-bond acceptors (Lipinski definition) is 1. The van der Waals surface area contributed by atoms with Crippen LogP contribution in [-0.2, 0) is 18.9 Å². The number of hydrogen-bond donors (Lipinski definition) is 0. The third-order valence-corrected chi connectivity index (χ3v) is 5.99. The van der Waals surface area contributed by atoms with E-state index in [1.165, 1.54) is 16.8 Å². The molecule has 20 heavy (non-hydrogen) atoms. The molecule has 4 heteroatoms. The summed E-state index contributed by atoms with van der Waals surface area (Å²) in [6, 6.07) is 10.8. The lowest BCUT2D eigenvalue weighted by atomic mass is 9.78. The topological polar surface area (TPSA) is 17.8 Å². The van der Waals surface area contributed by atoms with Crippen LogP contribution in [0.15, 0.2) is 30.3 Å². The summed E-state index contributed by atoms with van der Waals surface area (Å²) in [5.41, 5.74) is 5.12. The van der Waals surface area contributed by atoms with Crippen LogP contribution in [0.4, 0.5) is 0 Å². The molecular formula is C16H20Br2N2. The minimum Gasteiger partial charge on any atom is -0.272 e. The first-order valence-corrected chi connectivity index (χ1v) is 8.94. The first-order chi connectivity index (χ1) is 9.52. The number of aromatic nitrogens is 2.